The van der Waals surface area contributed by atoms with Gasteiger partial charge >= 0.3 is 15.6 Å². The zero-order valence-corrected chi connectivity index (χ0v) is 25.7. The third-order valence-corrected chi connectivity index (χ3v) is 14.5. The number of aliphatic hydroxyl groups is 2. The number of hydrogen-bond donors (Lipinski definition) is 2. The second-order valence-corrected chi connectivity index (χ2v) is 17.7. The molecule has 1 aromatic carbocycles. The van der Waals surface area contributed by atoms with Gasteiger partial charge in [0.1, 0.15) is 5.75 Å². The molecule has 42 heavy (non-hydrogen) atoms. The van der Waals surface area contributed by atoms with E-state index < -0.39 is 43.6 Å². The standard InChI is InChI=1S/C30H39F3O7S2/c1-25(2)15-38-28(39-16-25)10-11-29-24-19(8-9-27(29,35)14-28)21-6-7-23(34)26(21,3)13-20(24)18-5-4-17(12-22(18)41-29)40-42(36,37)30(31,32)33/h4-5,12,19-21,23-24,34-35H,6-11,13-16H2,1-3H3/t19-,20+,21-,23-,24?,26-,27+,29-/m0/s1. The van der Waals surface area contributed by atoms with Crippen molar-refractivity contribution in [2.45, 2.75) is 111 Å². The van der Waals surface area contributed by atoms with E-state index in [-0.39, 0.29) is 28.6 Å². The molecule has 8 atom stereocenters. The fourth-order valence-electron chi connectivity index (χ4n) is 9.74. The Hall–Kier alpha value is -1.05. The highest BCUT2D eigenvalue weighted by atomic mass is 32.2. The van der Waals surface area contributed by atoms with Gasteiger partial charge in [0.15, 0.2) is 5.79 Å². The van der Waals surface area contributed by atoms with E-state index in [2.05, 4.69) is 25.0 Å². The van der Waals surface area contributed by atoms with Crippen molar-refractivity contribution in [2.75, 3.05) is 13.2 Å². The van der Waals surface area contributed by atoms with Crippen LogP contribution < -0.4 is 4.18 Å². The van der Waals surface area contributed by atoms with Crippen LogP contribution >= 0.6 is 11.8 Å². The summed E-state index contributed by atoms with van der Waals surface area (Å²) in [6, 6.07) is 4.38. The molecule has 1 aromatic rings. The molecule has 0 radical (unpaired) electrons. The van der Waals surface area contributed by atoms with E-state index in [1.807, 2.05) is 0 Å². The lowest BCUT2D eigenvalue weighted by Crippen LogP contribution is -2.72. The highest BCUT2D eigenvalue weighted by molar-refractivity contribution is 8.01. The Labute approximate surface area is 249 Å². The highest BCUT2D eigenvalue weighted by Gasteiger charge is 2.72. The molecule has 4 saturated carbocycles. The van der Waals surface area contributed by atoms with Gasteiger partial charge in [0.2, 0.25) is 0 Å². The summed E-state index contributed by atoms with van der Waals surface area (Å²) in [5.41, 5.74) is -6.24. The van der Waals surface area contributed by atoms with Gasteiger partial charge in [0, 0.05) is 23.2 Å². The van der Waals surface area contributed by atoms with Crippen molar-refractivity contribution < 1.29 is 45.5 Å². The van der Waals surface area contributed by atoms with Crippen molar-refractivity contribution in [3.05, 3.63) is 23.8 Å². The average Bonchev–Trinajstić information content (AvgIpc) is 3.19. The fraction of sp³-hybridized carbons (Fsp3) is 0.800. The first-order chi connectivity index (χ1) is 19.4. The van der Waals surface area contributed by atoms with E-state index in [1.165, 1.54) is 23.9 Å². The molecule has 7 rings (SSSR count). The molecule has 7 nitrogen and oxygen atoms in total. The highest BCUT2D eigenvalue weighted by Crippen LogP contribution is 2.75. The molecule has 234 valence electrons. The number of rotatable bonds is 2. The summed E-state index contributed by atoms with van der Waals surface area (Å²) in [5, 5.41) is 23.9. The van der Waals surface area contributed by atoms with Gasteiger partial charge in [-0.3, -0.25) is 0 Å². The Morgan fingerprint density at radius 2 is 1.76 bits per heavy atom. The van der Waals surface area contributed by atoms with Crippen LogP contribution in [0.2, 0.25) is 0 Å². The lowest BCUT2D eigenvalue weighted by molar-refractivity contribution is -0.338. The lowest BCUT2D eigenvalue weighted by Gasteiger charge is -2.69. The third-order valence-electron chi connectivity index (χ3n) is 11.7. The predicted molar refractivity (Wildman–Crippen MR) is 148 cm³/mol. The second kappa shape index (κ2) is 9.02. The van der Waals surface area contributed by atoms with E-state index in [9.17, 15) is 31.8 Å². The van der Waals surface area contributed by atoms with Gasteiger partial charge in [0.25, 0.3) is 0 Å². The van der Waals surface area contributed by atoms with E-state index in [0.717, 1.165) is 24.8 Å². The number of halogens is 3. The average molecular weight is 633 g/mol. The number of ether oxygens (including phenoxy) is 2. The Morgan fingerprint density at radius 1 is 1.05 bits per heavy atom. The molecule has 12 heteroatoms. The first-order valence-corrected chi connectivity index (χ1v) is 17.2. The van der Waals surface area contributed by atoms with Crippen LogP contribution in [0.1, 0.15) is 83.6 Å². The van der Waals surface area contributed by atoms with E-state index in [0.29, 0.717) is 56.1 Å². The van der Waals surface area contributed by atoms with Crippen LogP contribution in [0.15, 0.2) is 23.1 Å². The number of alkyl halides is 3. The second-order valence-electron chi connectivity index (χ2n) is 14.8. The van der Waals surface area contributed by atoms with Crippen molar-refractivity contribution in [3.63, 3.8) is 0 Å². The van der Waals surface area contributed by atoms with Crippen LogP contribution in [-0.2, 0) is 19.6 Å². The Kier molecular flexibility index (Phi) is 6.37. The first kappa shape index (κ1) is 29.6. The minimum Gasteiger partial charge on any atom is -0.393 e. The quantitative estimate of drug-likeness (QED) is 0.315. The van der Waals surface area contributed by atoms with Crippen molar-refractivity contribution in [3.8, 4) is 5.75 Å². The molecule has 0 bridgehead atoms. The molecular weight excluding hydrogens is 593 g/mol. The normalized spacial score (nSPS) is 43.6. The van der Waals surface area contributed by atoms with Crippen LogP contribution in [0.5, 0.6) is 5.75 Å². The molecule has 2 spiro atoms. The summed E-state index contributed by atoms with van der Waals surface area (Å²) in [6.07, 6.45) is 4.73. The molecule has 0 aromatic heterocycles. The number of benzene rings is 1. The van der Waals surface area contributed by atoms with Gasteiger partial charge in [-0.05, 0) is 85.3 Å². The van der Waals surface area contributed by atoms with Crippen LogP contribution in [0.25, 0.3) is 0 Å². The molecule has 4 aliphatic carbocycles. The molecule has 6 aliphatic rings. The lowest BCUT2D eigenvalue weighted by atomic mass is 9.44. The molecule has 1 unspecified atom stereocenters. The van der Waals surface area contributed by atoms with E-state index in [1.54, 1.807) is 6.07 Å². The molecule has 5 fully saturated rings. The van der Waals surface area contributed by atoms with Gasteiger partial charge < -0.3 is 23.9 Å². The maximum atomic E-state index is 13.1. The van der Waals surface area contributed by atoms with Gasteiger partial charge in [-0.2, -0.15) is 21.6 Å². The summed E-state index contributed by atoms with van der Waals surface area (Å²) in [4.78, 5) is 0.627. The number of fused-ring (bicyclic) bond motifs is 4. The number of aliphatic hydroxyl groups excluding tert-OH is 1. The van der Waals surface area contributed by atoms with Crippen LogP contribution in [0.4, 0.5) is 13.2 Å². The monoisotopic (exact) mass is 632 g/mol. The summed E-state index contributed by atoms with van der Waals surface area (Å²) < 4.78 is 79.7. The third kappa shape index (κ3) is 4.10. The summed E-state index contributed by atoms with van der Waals surface area (Å²) >= 11 is 1.48. The minimum absolute atomic E-state index is 0.0541. The van der Waals surface area contributed by atoms with Crippen molar-refractivity contribution in [2.24, 2.45) is 28.6 Å². The van der Waals surface area contributed by atoms with Crippen molar-refractivity contribution in [1.82, 2.24) is 0 Å². The van der Waals surface area contributed by atoms with E-state index >= 15 is 0 Å². The zero-order valence-electron chi connectivity index (χ0n) is 24.1. The SMILES string of the molecule is CC1(C)COC2(CC[C@@]34Sc5cc(OS(=O)(=O)C(F)(F)F)ccc5[C@H]5C[C@]6(C)[C@@H](O)CC[C@H]6[C@H](CC[C@@]3(O)C2)C54)OC1. The Morgan fingerprint density at radius 3 is 2.45 bits per heavy atom. The van der Waals surface area contributed by atoms with Crippen LogP contribution in [0.3, 0.4) is 0 Å². The summed E-state index contributed by atoms with van der Waals surface area (Å²) in [6.45, 7) is 7.36. The minimum atomic E-state index is -5.84. The van der Waals surface area contributed by atoms with Crippen molar-refractivity contribution in [1.29, 1.82) is 0 Å². The number of hydrogen-bond acceptors (Lipinski definition) is 8. The molecule has 2 aliphatic heterocycles. The smallest absolute Gasteiger partial charge is 0.393 e. The van der Waals surface area contributed by atoms with Gasteiger partial charge in [-0.25, -0.2) is 0 Å². The molecule has 1 saturated heterocycles. The number of thioether (sulfide) groups is 1. The summed E-state index contributed by atoms with van der Waals surface area (Å²) in [7, 11) is -5.84. The molecule has 0 amide bonds. The van der Waals surface area contributed by atoms with E-state index in [4.69, 9.17) is 9.47 Å². The fourth-order valence-corrected chi connectivity index (χ4v) is 12.1. The molecule has 2 heterocycles. The topological polar surface area (TPSA) is 102 Å². The van der Waals surface area contributed by atoms with Gasteiger partial charge in [-0.15, -0.1) is 11.8 Å². The van der Waals surface area contributed by atoms with Gasteiger partial charge in [0.05, 0.1) is 29.7 Å². The predicted octanol–water partition coefficient (Wildman–Crippen LogP) is 5.73. The Balaban J connectivity index is 1.32. The van der Waals surface area contributed by atoms with Crippen LogP contribution in [0, 0.1) is 28.6 Å². The largest absolute Gasteiger partial charge is 0.534 e. The Bertz CT molecular complexity index is 1390. The maximum absolute atomic E-state index is 13.1. The maximum Gasteiger partial charge on any atom is 0.534 e. The zero-order chi connectivity index (χ0) is 30.1. The summed E-state index contributed by atoms with van der Waals surface area (Å²) in [5.74, 6) is -0.678. The molecule has 2 N–H and O–H groups in total. The van der Waals surface area contributed by atoms with Crippen LogP contribution in [-0.4, -0.2) is 59.6 Å². The first-order valence-electron chi connectivity index (χ1n) is 15.0. The van der Waals surface area contributed by atoms with Gasteiger partial charge in [-0.1, -0.05) is 26.8 Å². The van der Waals surface area contributed by atoms with Crippen molar-refractivity contribution >= 4 is 21.9 Å². The molecular formula is C30H39F3O7S2.